The van der Waals surface area contributed by atoms with Crippen LogP contribution >= 0.6 is 0 Å². The lowest BCUT2D eigenvalue weighted by Crippen LogP contribution is -2.63. The van der Waals surface area contributed by atoms with Gasteiger partial charge in [-0.1, -0.05) is 0 Å². The highest BCUT2D eigenvalue weighted by Gasteiger charge is 2.63. The third kappa shape index (κ3) is 3.82. The number of nitrogens with zero attached hydrogens (tertiary/aromatic N) is 2. The molecule has 3 aliphatic carbocycles. The maximum absolute atomic E-state index is 13.8. The summed E-state index contributed by atoms with van der Waals surface area (Å²) in [6.07, 6.45) is 0.900. The zero-order valence-corrected chi connectivity index (χ0v) is 22.3. The highest BCUT2D eigenvalue weighted by Crippen LogP contribution is 2.53. The minimum atomic E-state index is -3.85. The molecular formula is C24H30N4O9S. The monoisotopic (exact) mass is 550 g/mol. The summed E-state index contributed by atoms with van der Waals surface area (Å²) in [5.41, 5.74) is 1.60. The van der Waals surface area contributed by atoms with Gasteiger partial charge in [-0.3, -0.25) is 24.0 Å². The second-order valence-corrected chi connectivity index (χ2v) is 12.1. The number of phenolic OH excluding ortho intramolecular Hbond substituents is 1. The number of nitrogens with one attached hydrogen (secondary N) is 1. The Hall–Kier alpha value is -3.62. The number of hydrogen-bond acceptors (Lipinski definition) is 11. The number of ketones is 2. The third-order valence-corrected chi connectivity index (χ3v) is 8.07. The number of carbonyl (C=O) groups is 3. The number of nitrogens with two attached hydrogens (primary N) is 1. The van der Waals surface area contributed by atoms with Gasteiger partial charge in [0.05, 0.1) is 23.5 Å². The van der Waals surface area contributed by atoms with E-state index in [1.165, 1.54) is 11.0 Å². The van der Waals surface area contributed by atoms with E-state index in [9.17, 15) is 43.2 Å². The van der Waals surface area contributed by atoms with Gasteiger partial charge in [-0.25, -0.2) is 8.42 Å². The molecule has 2 unspecified atom stereocenters. The van der Waals surface area contributed by atoms with Gasteiger partial charge in [0.15, 0.2) is 17.1 Å². The van der Waals surface area contributed by atoms with Crippen molar-refractivity contribution in [3.8, 4) is 5.75 Å². The summed E-state index contributed by atoms with van der Waals surface area (Å²) in [5.74, 6) is -7.76. The van der Waals surface area contributed by atoms with Crippen LogP contribution < -0.4 is 15.4 Å². The molecule has 0 heterocycles. The molecule has 0 aliphatic heterocycles. The molecule has 14 heteroatoms. The lowest BCUT2D eigenvalue weighted by Gasteiger charge is -2.50. The average molecular weight is 551 g/mol. The third-order valence-electron chi connectivity index (χ3n) is 7.48. The van der Waals surface area contributed by atoms with Crippen molar-refractivity contribution in [3.63, 3.8) is 0 Å². The Morgan fingerprint density at radius 2 is 1.76 bits per heavy atom. The number of benzene rings is 1. The molecule has 0 radical (unpaired) electrons. The van der Waals surface area contributed by atoms with Crippen LogP contribution in [0, 0.1) is 11.8 Å². The molecule has 4 atom stereocenters. The van der Waals surface area contributed by atoms with Gasteiger partial charge >= 0.3 is 0 Å². The fraction of sp³-hybridized carbons (Fsp3) is 0.458. The summed E-state index contributed by atoms with van der Waals surface area (Å²) in [4.78, 5) is 42.3. The van der Waals surface area contributed by atoms with Crippen molar-refractivity contribution in [2.45, 2.75) is 24.5 Å². The van der Waals surface area contributed by atoms with E-state index in [-0.39, 0.29) is 29.7 Å². The smallest absolute Gasteiger partial charge is 0.255 e. The van der Waals surface area contributed by atoms with Crippen molar-refractivity contribution >= 4 is 38.9 Å². The minimum absolute atomic E-state index is 0.0528. The first kappa shape index (κ1) is 27.4. The number of aliphatic hydroxyl groups is 3. The summed E-state index contributed by atoms with van der Waals surface area (Å²) in [7, 11) is 2.58. The summed E-state index contributed by atoms with van der Waals surface area (Å²) >= 11 is 0. The Labute approximate surface area is 218 Å². The van der Waals surface area contributed by atoms with E-state index in [1.54, 1.807) is 33.1 Å². The zero-order valence-electron chi connectivity index (χ0n) is 21.4. The molecule has 0 fully saturated rings. The minimum Gasteiger partial charge on any atom is -0.510 e. The van der Waals surface area contributed by atoms with Crippen LogP contribution in [0.15, 0.2) is 28.7 Å². The molecule has 38 heavy (non-hydrogen) atoms. The molecule has 0 bridgehead atoms. The van der Waals surface area contributed by atoms with Crippen LogP contribution in [0.4, 0.5) is 11.4 Å². The summed E-state index contributed by atoms with van der Waals surface area (Å²) in [5, 5.41) is 44.8. The average Bonchev–Trinajstić information content (AvgIpc) is 2.76. The molecule has 4 rings (SSSR count). The number of carbonyl (C=O) groups excluding carboxylic acids is 3. The van der Waals surface area contributed by atoms with Crippen LogP contribution in [-0.4, -0.2) is 97.3 Å². The van der Waals surface area contributed by atoms with E-state index in [0.717, 1.165) is 6.26 Å². The maximum atomic E-state index is 13.8. The van der Waals surface area contributed by atoms with Gasteiger partial charge in [0.25, 0.3) is 5.91 Å². The second kappa shape index (κ2) is 8.71. The predicted octanol–water partition coefficient (Wildman–Crippen LogP) is -0.442. The number of anilines is 2. The number of aromatic hydroxyl groups is 1. The number of sulfonamides is 1. The van der Waals surface area contributed by atoms with Crippen LogP contribution in [0.2, 0.25) is 0 Å². The second-order valence-electron chi connectivity index (χ2n) is 10.4. The number of Topliss-reactive ketones (excluding diaryl/α,β-unsaturated/α-hetero) is 2. The van der Waals surface area contributed by atoms with E-state index < -0.39 is 73.8 Å². The molecule has 1 aromatic carbocycles. The number of likely N-dealkylation sites (N-methyl/N-ethyl adjacent to an activating group) is 1. The van der Waals surface area contributed by atoms with Crippen LogP contribution in [0.1, 0.15) is 22.3 Å². The fourth-order valence-corrected chi connectivity index (χ4v) is 6.53. The molecule has 3 aliphatic rings. The molecule has 7 N–H and O–H groups in total. The van der Waals surface area contributed by atoms with Crippen molar-refractivity contribution in [1.29, 1.82) is 0 Å². The summed E-state index contributed by atoms with van der Waals surface area (Å²) in [6.45, 7) is 0. The van der Waals surface area contributed by atoms with Gasteiger partial charge in [-0.15, -0.1) is 0 Å². The highest BCUT2D eigenvalue weighted by molar-refractivity contribution is 7.92. The van der Waals surface area contributed by atoms with Gasteiger partial charge in [0.1, 0.15) is 17.1 Å². The van der Waals surface area contributed by atoms with Gasteiger partial charge in [0, 0.05) is 31.3 Å². The molecule has 0 spiro atoms. The van der Waals surface area contributed by atoms with E-state index in [2.05, 4.69) is 4.72 Å². The SMILES string of the molecule is CN(C)c1cc(NS(C)(=O)=O)c(O)c2c1CC1CC3[C@H](N(C)C)C(O)=C(C(N)=O)C(=O)[C@@]3(O)C(O)=C1C2=O. The van der Waals surface area contributed by atoms with Gasteiger partial charge in [0.2, 0.25) is 15.8 Å². The molecule has 0 saturated carbocycles. The van der Waals surface area contributed by atoms with Crippen LogP contribution in [0.3, 0.4) is 0 Å². The zero-order chi connectivity index (χ0) is 28.6. The topological polar surface area (TPSA) is 211 Å². The van der Waals surface area contributed by atoms with Crippen molar-refractivity contribution < 1.29 is 43.2 Å². The van der Waals surface area contributed by atoms with E-state index in [4.69, 9.17) is 5.73 Å². The molecule has 0 aromatic heterocycles. The number of amides is 1. The first-order valence-electron chi connectivity index (χ1n) is 11.6. The summed E-state index contributed by atoms with van der Waals surface area (Å²) < 4.78 is 26.0. The van der Waals surface area contributed by atoms with Crippen molar-refractivity contribution in [1.82, 2.24) is 4.90 Å². The Balaban J connectivity index is 1.99. The van der Waals surface area contributed by atoms with Crippen LogP contribution in [0.5, 0.6) is 5.75 Å². The van der Waals surface area contributed by atoms with Crippen LogP contribution in [0.25, 0.3) is 0 Å². The summed E-state index contributed by atoms with van der Waals surface area (Å²) in [6, 6.07) is 0.292. The van der Waals surface area contributed by atoms with E-state index in [1.807, 2.05) is 0 Å². The normalized spacial score (nSPS) is 27.2. The maximum Gasteiger partial charge on any atom is 0.255 e. The molecule has 13 nitrogen and oxygen atoms in total. The van der Waals surface area contributed by atoms with Gasteiger partial charge < -0.3 is 31.1 Å². The molecule has 206 valence electrons. The number of hydrogen-bond donors (Lipinski definition) is 6. The van der Waals surface area contributed by atoms with Gasteiger partial charge in [-0.2, -0.15) is 0 Å². The number of fused-ring (bicyclic) bond motifs is 3. The Morgan fingerprint density at radius 3 is 2.26 bits per heavy atom. The number of rotatable bonds is 5. The van der Waals surface area contributed by atoms with Crippen molar-refractivity contribution in [2.75, 3.05) is 44.1 Å². The molecular weight excluding hydrogens is 520 g/mol. The standard InChI is InChI=1S/C24H30N4O9S/c1-27(2)13-8-12(26-38(5,36)37)18(29)15-10(13)6-9-7-11-17(28(3)4)20(31)16(23(25)34)22(33)24(11,35)21(32)14(9)19(15)30/h8-9,11,17,26,29,31-32,35H,6-7H2,1-5H3,(H2,25,34)/t9?,11?,17-,24-/m0/s1. The molecule has 1 aromatic rings. The first-order valence-corrected chi connectivity index (χ1v) is 13.5. The fourth-order valence-electron chi connectivity index (χ4n) is 5.98. The quantitative estimate of drug-likeness (QED) is 0.204. The molecule has 0 saturated heterocycles. The van der Waals surface area contributed by atoms with Crippen molar-refractivity contribution in [3.05, 3.63) is 39.9 Å². The Bertz CT molecular complexity index is 1460. The number of primary amides is 1. The number of allylic oxidation sites excluding steroid dienone is 1. The largest absolute Gasteiger partial charge is 0.510 e. The van der Waals surface area contributed by atoms with Crippen LogP contribution in [-0.2, 0) is 26.0 Å². The molecule has 1 amide bonds. The number of phenols is 1. The lowest BCUT2D eigenvalue weighted by molar-refractivity contribution is -0.148. The lowest BCUT2D eigenvalue weighted by atomic mass is 9.58. The Kier molecular flexibility index (Phi) is 6.29. The van der Waals surface area contributed by atoms with Crippen molar-refractivity contribution in [2.24, 2.45) is 17.6 Å². The van der Waals surface area contributed by atoms with Gasteiger partial charge in [-0.05, 0) is 44.5 Å². The Morgan fingerprint density at radius 1 is 1.16 bits per heavy atom. The first-order chi connectivity index (χ1) is 17.4. The van der Waals surface area contributed by atoms with E-state index in [0.29, 0.717) is 11.3 Å². The number of aliphatic hydroxyl groups excluding tert-OH is 2. The predicted molar refractivity (Wildman–Crippen MR) is 136 cm³/mol. The van der Waals surface area contributed by atoms with E-state index >= 15 is 0 Å². The highest BCUT2D eigenvalue weighted by atomic mass is 32.2.